The Hall–Kier alpha value is -2.18. The van der Waals surface area contributed by atoms with Gasteiger partial charge in [0.1, 0.15) is 5.60 Å². The van der Waals surface area contributed by atoms with Crippen molar-refractivity contribution in [3.63, 3.8) is 0 Å². The maximum Gasteiger partial charge on any atom is 0.307 e. The van der Waals surface area contributed by atoms with E-state index >= 15 is 0 Å². The molecule has 1 aromatic rings. The normalized spacial score (nSPS) is 28.3. The zero-order chi connectivity index (χ0) is 17.4. The number of carbonyl (C=O) groups is 2. The summed E-state index contributed by atoms with van der Waals surface area (Å²) in [7, 11) is 0. The zero-order valence-corrected chi connectivity index (χ0v) is 14.2. The summed E-state index contributed by atoms with van der Waals surface area (Å²) in [5, 5.41) is 0. The monoisotopic (exact) mass is 345 g/mol. The number of carbonyl (C=O) groups excluding carboxylic acids is 2. The van der Waals surface area contributed by atoms with Gasteiger partial charge in [-0.15, -0.1) is 0 Å². The van der Waals surface area contributed by atoms with Gasteiger partial charge in [-0.1, -0.05) is 0 Å². The third-order valence-electron chi connectivity index (χ3n) is 5.92. The highest BCUT2D eigenvalue weighted by Crippen LogP contribution is 2.46. The number of hydrogen-bond donors (Lipinski definition) is 1. The van der Waals surface area contributed by atoms with E-state index in [2.05, 4.69) is 9.97 Å². The van der Waals surface area contributed by atoms with Gasteiger partial charge in [0.2, 0.25) is 5.91 Å². The largest absolute Gasteiger partial charge is 0.458 e. The van der Waals surface area contributed by atoms with E-state index in [1.54, 1.807) is 0 Å². The number of ether oxygens (including phenoxy) is 1. The molecule has 7 heteroatoms. The van der Waals surface area contributed by atoms with Crippen LogP contribution in [0.2, 0.25) is 0 Å². The average Bonchev–Trinajstić information content (AvgIpc) is 3.21. The molecule has 7 nitrogen and oxygen atoms in total. The molecule has 2 atom stereocenters. The fourth-order valence-corrected chi connectivity index (χ4v) is 4.67. The van der Waals surface area contributed by atoms with Gasteiger partial charge in [-0.3, -0.25) is 14.4 Å². The Morgan fingerprint density at radius 3 is 2.84 bits per heavy atom. The summed E-state index contributed by atoms with van der Waals surface area (Å²) in [5.41, 5.74) is -0.00721. The Balaban J connectivity index is 1.52. The lowest BCUT2D eigenvalue weighted by molar-refractivity contribution is -0.152. The van der Waals surface area contributed by atoms with Crippen molar-refractivity contribution in [2.45, 2.75) is 56.5 Å². The second kappa shape index (κ2) is 6.28. The van der Waals surface area contributed by atoms with Gasteiger partial charge in [0.15, 0.2) is 0 Å². The maximum atomic E-state index is 13.2. The molecule has 1 aromatic heterocycles. The molecule has 2 saturated heterocycles. The molecule has 3 aliphatic rings. The van der Waals surface area contributed by atoms with Gasteiger partial charge in [-0.05, 0) is 38.5 Å². The maximum absolute atomic E-state index is 13.2. The highest BCUT2D eigenvalue weighted by atomic mass is 16.6. The van der Waals surface area contributed by atoms with E-state index in [1.807, 2.05) is 4.90 Å². The van der Waals surface area contributed by atoms with E-state index in [1.165, 1.54) is 12.4 Å². The van der Waals surface area contributed by atoms with Crippen LogP contribution in [0.25, 0.3) is 0 Å². The summed E-state index contributed by atoms with van der Waals surface area (Å²) in [6.45, 7) is 1.25. The van der Waals surface area contributed by atoms with Crippen LogP contribution in [0, 0.1) is 5.92 Å². The van der Waals surface area contributed by atoms with Crippen LogP contribution in [-0.4, -0.2) is 45.4 Å². The van der Waals surface area contributed by atoms with Gasteiger partial charge in [0.25, 0.3) is 5.56 Å². The molecule has 1 N–H and O–H groups in total. The summed E-state index contributed by atoms with van der Waals surface area (Å²) in [6, 6.07) is 1.51. The van der Waals surface area contributed by atoms with Crippen LogP contribution < -0.4 is 5.56 Å². The number of nitrogens with one attached hydrogen (secondary N) is 1. The third kappa shape index (κ3) is 2.96. The average molecular weight is 345 g/mol. The summed E-state index contributed by atoms with van der Waals surface area (Å²) >= 11 is 0. The molecule has 1 aliphatic carbocycles. The number of likely N-dealkylation sites (tertiary alicyclic amines) is 1. The van der Waals surface area contributed by atoms with E-state index in [0.29, 0.717) is 13.1 Å². The van der Waals surface area contributed by atoms with Crippen molar-refractivity contribution < 1.29 is 14.3 Å². The Morgan fingerprint density at radius 1 is 1.28 bits per heavy atom. The number of aromatic amines is 1. The minimum atomic E-state index is -0.566. The minimum Gasteiger partial charge on any atom is -0.458 e. The highest BCUT2D eigenvalue weighted by molar-refractivity contribution is 5.88. The topological polar surface area (TPSA) is 92.4 Å². The Labute approximate surface area is 145 Å². The van der Waals surface area contributed by atoms with Crippen LogP contribution in [0.1, 0.15) is 56.6 Å². The molecule has 2 aliphatic heterocycles. The van der Waals surface area contributed by atoms with Crippen molar-refractivity contribution in [1.29, 1.82) is 0 Å². The summed E-state index contributed by atoms with van der Waals surface area (Å²) in [6.07, 6.45) is 7.00. The van der Waals surface area contributed by atoms with Crippen molar-refractivity contribution in [1.82, 2.24) is 14.9 Å². The summed E-state index contributed by atoms with van der Waals surface area (Å²) < 4.78 is 5.62. The standard InChI is InChI=1S/C18H23N3O4/c22-15-9-14(19-11-20-15)12-4-3-7-21(10-12)17(24)13-8-16(23)25-18(13)5-1-2-6-18/h9,11-13H,1-8,10H2,(H,19,20,22). The van der Waals surface area contributed by atoms with Crippen LogP contribution >= 0.6 is 0 Å². The second-order valence-corrected chi connectivity index (χ2v) is 7.46. The molecule has 134 valence electrons. The summed E-state index contributed by atoms with van der Waals surface area (Å²) in [5.74, 6) is -0.502. The number of amides is 1. The van der Waals surface area contributed by atoms with Crippen molar-refractivity contribution >= 4 is 11.9 Å². The van der Waals surface area contributed by atoms with Gasteiger partial charge >= 0.3 is 5.97 Å². The molecular formula is C18H23N3O4. The highest BCUT2D eigenvalue weighted by Gasteiger charge is 2.55. The lowest BCUT2D eigenvalue weighted by Crippen LogP contribution is -2.48. The number of hydrogen-bond acceptors (Lipinski definition) is 5. The molecule has 1 spiro atoms. The van der Waals surface area contributed by atoms with E-state index in [4.69, 9.17) is 4.74 Å². The van der Waals surface area contributed by atoms with Gasteiger partial charge < -0.3 is 14.6 Å². The molecule has 3 heterocycles. The van der Waals surface area contributed by atoms with Crippen molar-refractivity contribution in [2.75, 3.05) is 13.1 Å². The third-order valence-corrected chi connectivity index (χ3v) is 5.92. The van der Waals surface area contributed by atoms with E-state index in [0.717, 1.165) is 44.2 Å². The first kappa shape index (κ1) is 16.3. The molecule has 0 aromatic carbocycles. The fourth-order valence-electron chi connectivity index (χ4n) is 4.67. The molecule has 2 unspecified atom stereocenters. The predicted molar refractivity (Wildman–Crippen MR) is 88.8 cm³/mol. The Bertz CT molecular complexity index is 738. The van der Waals surface area contributed by atoms with Crippen molar-refractivity contribution in [2.24, 2.45) is 5.92 Å². The Morgan fingerprint density at radius 2 is 2.08 bits per heavy atom. The van der Waals surface area contributed by atoms with Crippen molar-refractivity contribution in [3.8, 4) is 0 Å². The van der Waals surface area contributed by atoms with Gasteiger partial charge in [0.05, 0.1) is 24.4 Å². The molecule has 25 heavy (non-hydrogen) atoms. The zero-order valence-electron chi connectivity index (χ0n) is 14.2. The number of esters is 1. The van der Waals surface area contributed by atoms with E-state index < -0.39 is 5.60 Å². The van der Waals surface area contributed by atoms with Crippen LogP contribution in [0.5, 0.6) is 0 Å². The number of nitrogens with zero attached hydrogens (tertiary/aromatic N) is 2. The number of rotatable bonds is 2. The SMILES string of the molecule is O=C1CC(C(=O)N2CCCC(c3cc(=O)[nH]cn3)C2)C2(CCCC2)O1. The fraction of sp³-hybridized carbons (Fsp3) is 0.667. The molecule has 0 radical (unpaired) electrons. The number of aromatic nitrogens is 2. The van der Waals surface area contributed by atoms with E-state index in [-0.39, 0.29) is 35.7 Å². The molecule has 1 amide bonds. The second-order valence-electron chi connectivity index (χ2n) is 7.46. The molecule has 3 fully saturated rings. The lowest BCUT2D eigenvalue weighted by atomic mass is 9.83. The van der Waals surface area contributed by atoms with Gasteiger partial charge in [-0.25, -0.2) is 4.98 Å². The Kier molecular flexibility index (Phi) is 4.09. The number of H-pyrrole nitrogens is 1. The first-order valence-electron chi connectivity index (χ1n) is 9.13. The molecule has 0 bridgehead atoms. The van der Waals surface area contributed by atoms with Gasteiger partial charge in [-0.2, -0.15) is 0 Å². The van der Waals surface area contributed by atoms with Crippen LogP contribution in [0.3, 0.4) is 0 Å². The quantitative estimate of drug-likeness (QED) is 0.817. The summed E-state index contributed by atoms with van der Waals surface area (Å²) in [4.78, 5) is 45.2. The lowest BCUT2D eigenvalue weighted by Gasteiger charge is -2.37. The van der Waals surface area contributed by atoms with Crippen LogP contribution in [0.15, 0.2) is 17.2 Å². The van der Waals surface area contributed by atoms with Crippen LogP contribution in [0.4, 0.5) is 0 Å². The molecular weight excluding hydrogens is 322 g/mol. The first-order valence-corrected chi connectivity index (χ1v) is 9.13. The molecule has 1 saturated carbocycles. The first-order chi connectivity index (χ1) is 12.1. The van der Waals surface area contributed by atoms with E-state index in [9.17, 15) is 14.4 Å². The van der Waals surface area contributed by atoms with Gasteiger partial charge in [0, 0.05) is 25.1 Å². The molecule has 4 rings (SSSR count). The minimum absolute atomic E-state index is 0.0299. The number of piperidine rings is 1. The predicted octanol–water partition coefficient (Wildman–Crippen LogP) is 1.35. The van der Waals surface area contributed by atoms with Crippen LogP contribution in [-0.2, 0) is 14.3 Å². The smallest absolute Gasteiger partial charge is 0.307 e. The van der Waals surface area contributed by atoms with Crippen molar-refractivity contribution in [3.05, 3.63) is 28.4 Å².